The van der Waals surface area contributed by atoms with E-state index in [1.807, 2.05) is 31.2 Å². The van der Waals surface area contributed by atoms with Crippen molar-refractivity contribution >= 4 is 10.0 Å². The maximum absolute atomic E-state index is 11.7. The van der Waals surface area contributed by atoms with E-state index in [9.17, 15) is 13.5 Å². The summed E-state index contributed by atoms with van der Waals surface area (Å²) in [5, 5.41) is 18.9. The number of primary sulfonamides is 1. The summed E-state index contributed by atoms with van der Waals surface area (Å²) in [5.41, 5.74) is 0.413. The van der Waals surface area contributed by atoms with Crippen molar-refractivity contribution in [3.8, 4) is 17.2 Å². The Labute approximate surface area is 164 Å². The Hall–Kier alpha value is -2.33. The molecule has 0 amide bonds. The van der Waals surface area contributed by atoms with Crippen LogP contribution in [-0.4, -0.2) is 45.9 Å². The number of ether oxygens (including phenoxy) is 3. The van der Waals surface area contributed by atoms with Crippen molar-refractivity contribution in [3.05, 3.63) is 48.0 Å². The summed E-state index contributed by atoms with van der Waals surface area (Å²) in [6.45, 7) is 2.51. The van der Waals surface area contributed by atoms with Crippen molar-refractivity contribution in [2.24, 2.45) is 5.14 Å². The number of rotatable bonds is 7. The van der Waals surface area contributed by atoms with Crippen LogP contribution < -0.4 is 24.7 Å². The lowest BCUT2D eigenvalue weighted by Crippen LogP contribution is -2.47. The zero-order valence-corrected chi connectivity index (χ0v) is 16.5. The maximum atomic E-state index is 11.7. The largest absolute Gasteiger partial charge is 0.495 e. The second-order valence-corrected chi connectivity index (χ2v) is 8.11. The molecule has 152 valence electrons. The predicted octanol–water partition coefficient (Wildman–Crippen LogP) is 1.19. The molecule has 2 aromatic carbocycles. The van der Waals surface area contributed by atoms with E-state index in [2.05, 4.69) is 5.32 Å². The number of methoxy groups -OCH3 is 1. The van der Waals surface area contributed by atoms with E-state index in [4.69, 9.17) is 19.3 Å². The molecule has 3 unspecified atom stereocenters. The molecule has 0 fully saturated rings. The van der Waals surface area contributed by atoms with Gasteiger partial charge in [-0.25, -0.2) is 13.6 Å². The van der Waals surface area contributed by atoms with Crippen molar-refractivity contribution in [1.29, 1.82) is 0 Å². The molecule has 1 aliphatic rings. The third-order valence-electron chi connectivity index (χ3n) is 4.60. The minimum Gasteiger partial charge on any atom is -0.495 e. The van der Waals surface area contributed by atoms with E-state index in [0.717, 1.165) is 0 Å². The summed E-state index contributed by atoms with van der Waals surface area (Å²) in [5.74, 6) is 1.52. The number of nitrogens with two attached hydrogens (primary N) is 1. The average molecular weight is 408 g/mol. The lowest BCUT2D eigenvalue weighted by molar-refractivity contribution is 0.0612. The highest BCUT2D eigenvalue weighted by molar-refractivity contribution is 7.89. The van der Waals surface area contributed by atoms with Crippen LogP contribution in [0.2, 0.25) is 0 Å². The Morgan fingerprint density at radius 1 is 1.29 bits per heavy atom. The number of hydrogen-bond donors (Lipinski definition) is 3. The van der Waals surface area contributed by atoms with Gasteiger partial charge in [-0.15, -0.1) is 0 Å². The van der Waals surface area contributed by atoms with Gasteiger partial charge in [-0.05, 0) is 36.8 Å². The quantitative estimate of drug-likeness (QED) is 0.629. The fourth-order valence-electron chi connectivity index (χ4n) is 2.95. The average Bonchev–Trinajstić information content (AvgIpc) is 2.70. The fraction of sp³-hybridized carbons (Fsp3) is 0.368. The molecule has 4 N–H and O–H groups in total. The first-order valence-corrected chi connectivity index (χ1v) is 10.3. The Bertz CT molecular complexity index is 934. The Morgan fingerprint density at radius 3 is 2.68 bits per heavy atom. The van der Waals surface area contributed by atoms with E-state index < -0.39 is 16.1 Å². The molecule has 0 radical (unpaired) electrons. The maximum Gasteiger partial charge on any atom is 0.241 e. The van der Waals surface area contributed by atoms with Crippen LogP contribution in [0.15, 0.2) is 47.4 Å². The van der Waals surface area contributed by atoms with E-state index in [1.165, 1.54) is 19.2 Å². The van der Waals surface area contributed by atoms with Crippen LogP contribution >= 0.6 is 0 Å². The number of hydrogen-bond acceptors (Lipinski definition) is 7. The Morgan fingerprint density at radius 2 is 2.00 bits per heavy atom. The minimum absolute atomic E-state index is 0.112. The van der Waals surface area contributed by atoms with Crippen LogP contribution in [0.3, 0.4) is 0 Å². The third-order valence-corrected chi connectivity index (χ3v) is 5.53. The van der Waals surface area contributed by atoms with Crippen LogP contribution in [0, 0.1) is 0 Å². The van der Waals surface area contributed by atoms with Gasteiger partial charge in [0, 0.05) is 12.6 Å². The molecule has 2 aromatic rings. The van der Waals surface area contributed by atoms with E-state index >= 15 is 0 Å². The molecular formula is C19H24N2O6S. The number of para-hydroxylation sites is 2. The topological polar surface area (TPSA) is 120 Å². The lowest BCUT2D eigenvalue weighted by atomic mass is 10.1. The molecule has 9 heteroatoms. The van der Waals surface area contributed by atoms with E-state index in [0.29, 0.717) is 23.7 Å². The molecule has 0 spiro atoms. The Kier molecular flexibility index (Phi) is 6.09. The summed E-state index contributed by atoms with van der Waals surface area (Å²) in [6.07, 6.45) is -1.16. The number of aliphatic hydroxyl groups excluding tert-OH is 1. The van der Waals surface area contributed by atoms with Gasteiger partial charge in [-0.1, -0.05) is 18.2 Å². The zero-order valence-electron chi connectivity index (χ0n) is 15.7. The van der Waals surface area contributed by atoms with Gasteiger partial charge >= 0.3 is 0 Å². The standard InChI is InChI=1S/C19H24N2O6S/c1-12(18-11-26-15-5-3-4-6-16(15)27-18)21-10-14(22)13-7-8-17(25-2)19(9-13)28(20,23)24/h3-9,12,14,18,21-22H,10-11H2,1-2H3,(H2,20,23,24). The molecular weight excluding hydrogens is 384 g/mol. The van der Waals surface area contributed by atoms with Gasteiger partial charge in [0.25, 0.3) is 0 Å². The number of benzene rings is 2. The molecule has 1 heterocycles. The SMILES string of the molecule is COc1ccc(C(O)CNC(C)C2COc3ccccc3O2)cc1S(N)(=O)=O. The van der Waals surface area contributed by atoms with Crippen LogP contribution in [-0.2, 0) is 10.0 Å². The predicted molar refractivity (Wildman–Crippen MR) is 103 cm³/mol. The highest BCUT2D eigenvalue weighted by atomic mass is 32.2. The molecule has 3 atom stereocenters. The van der Waals surface area contributed by atoms with Crippen molar-refractivity contribution in [1.82, 2.24) is 5.32 Å². The van der Waals surface area contributed by atoms with Crippen molar-refractivity contribution in [2.75, 3.05) is 20.3 Å². The summed E-state index contributed by atoms with van der Waals surface area (Å²) in [4.78, 5) is -0.166. The van der Waals surface area contributed by atoms with Crippen molar-refractivity contribution < 1.29 is 27.7 Å². The summed E-state index contributed by atoms with van der Waals surface area (Å²) < 4.78 is 40.1. The van der Waals surface area contributed by atoms with Gasteiger partial charge in [-0.2, -0.15) is 0 Å². The summed E-state index contributed by atoms with van der Waals surface area (Å²) >= 11 is 0. The molecule has 28 heavy (non-hydrogen) atoms. The lowest BCUT2D eigenvalue weighted by Gasteiger charge is -2.31. The summed E-state index contributed by atoms with van der Waals surface area (Å²) in [6, 6.07) is 11.7. The minimum atomic E-state index is -3.97. The monoisotopic (exact) mass is 408 g/mol. The molecule has 1 aliphatic heterocycles. The van der Waals surface area contributed by atoms with Crippen molar-refractivity contribution in [2.45, 2.75) is 30.1 Å². The van der Waals surface area contributed by atoms with E-state index in [-0.39, 0.29) is 29.3 Å². The van der Waals surface area contributed by atoms with Gasteiger partial charge in [0.1, 0.15) is 23.4 Å². The molecule has 0 saturated heterocycles. The summed E-state index contributed by atoms with van der Waals surface area (Å²) in [7, 11) is -2.62. The number of aliphatic hydroxyl groups is 1. The fourth-order valence-corrected chi connectivity index (χ4v) is 3.68. The number of fused-ring (bicyclic) bond motifs is 1. The van der Waals surface area contributed by atoms with Gasteiger partial charge < -0.3 is 24.6 Å². The first-order chi connectivity index (χ1) is 13.3. The van der Waals surface area contributed by atoms with Crippen molar-refractivity contribution in [3.63, 3.8) is 0 Å². The zero-order chi connectivity index (χ0) is 20.3. The highest BCUT2D eigenvalue weighted by Gasteiger charge is 2.26. The number of sulfonamides is 1. The highest BCUT2D eigenvalue weighted by Crippen LogP contribution is 2.31. The first kappa shape index (κ1) is 20.4. The Balaban J connectivity index is 1.63. The second kappa shape index (κ2) is 8.36. The molecule has 8 nitrogen and oxygen atoms in total. The second-order valence-electron chi connectivity index (χ2n) is 6.58. The molecule has 0 saturated carbocycles. The van der Waals surface area contributed by atoms with Gasteiger partial charge in [0.2, 0.25) is 10.0 Å². The van der Waals surface area contributed by atoms with Crippen LogP contribution in [0.25, 0.3) is 0 Å². The smallest absolute Gasteiger partial charge is 0.241 e. The molecule has 0 aromatic heterocycles. The van der Waals surface area contributed by atoms with Crippen LogP contribution in [0.4, 0.5) is 0 Å². The third kappa shape index (κ3) is 4.56. The molecule has 0 bridgehead atoms. The van der Waals surface area contributed by atoms with Crippen LogP contribution in [0.1, 0.15) is 18.6 Å². The van der Waals surface area contributed by atoms with Gasteiger partial charge in [0.15, 0.2) is 11.5 Å². The van der Waals surface area contributed by atoms with E-state index in [1.54, 1.807) is 6.07 Å². The number of nitrogens with one attached hydrogen (secondary N) is 1. The van der Waals surface area contributed by atoms with Gasteiger partial charge in [-0.3, -0.25) is 0 Å². The molecule has 0 aliphatic carbocycles. The normalized spacial score (nSPS) is 18.4. The van der Waals surface area contributed by atoms with Gasteiger partial charge in [0.05, 0.1) is 13.2 Å². The molecule has 3 rings (SSSR count). The first-order valence-electron chi connectivity index (χ1n) is 8.80. The van der Waals surface area contributed by atoms with Crippen LogP contribution in [0.5, 0.6) is 17.2 Å².